The number of carbonyl (C=O) groups is 1. The van der Waals surface area contributed by atoms with Gasteiger partial charge in [0.15, 0.2) is 5.78 Å². The van der Waals surface area contributed by atoms with Crippen LogP contribution in [0.1, 0.15) is 12.5 Å². The van der Waals surface area contributed by atoms with Crippen LogP contribution in [0, 0.1) is 0 Å². The Bertz CT molecular complexity index is 369. The summed E-state index contributed by atoms with van der Waals surface area (Å²) < 4.78 is 0. The minimum absolute atomic E-state index is 0.0709. The van der Waals surface area contributed by atoms with E-state index < -0.39 is 0 Å². The first-order valence-electron chi connectivity index (χ1n) is 3.67. The van der Waals surface area contributed by atoms with Gasteiger partial charge in [-0.1, -0.05) is 35.8 Å². The number of hydrogen-bond acceptors (Lipinski definition) is 1. The molecule has 1 aromatic rings. The largest absolute Gasteiger partial charge is 0.295 e. The second-order valence-electron chi connectivity index (χ2n) is 2.66. The number of halogens is 2. The average molecular weight is 215 g/mol. The van der Waals surface area contributed by atoms with Crippen molar-refractivity contribution in [3.63, 3.8) is 0 Å². The Morgan fingerprint density at radius 2 is 1.92 bits per heavy atom. The summed E-state index contributed by atoms with van der Waals surface area (Å²) in [5, 5.41) is 0.906. The van der Waals surface area contributed by atoms with Crippen LogP contribution in [0.25, 0.3) is 5.57 Å². The lowest BCUT2D eigenvalue weighted by atomic mass is 10.1. The summed E-state index contributed by atoms with van der Waals surface area (Å²) in [6, 6.07) is 5.00. The zero-order valence-electron chi connectivity index (χ0n) is 7.10. The maximum Gasteiger partial charge on any atom is 0.159 e. The van der Waals surface area contributed by atoms with Crippen LogP contribution in [0.15, 0.2) is 24.8 Å². The van der Waals surface area contributed by atoms with E-state index in [-0.39, 0.29) is 5.78 Å². The molecule has 0 N–H and O–H groups in total. The molecule has 0 radical (unpaired) electrons. The van der Waals surface area contributed by atoms with E-state index in [4.69, 9.17) is 23.2 Å². The molecule has 68 valence electrons. The van der Waals surface area contributed by atoms with Crippen molar-refractivity contribution in [2.75, 3.05) is 0 Å². The van der Waals surface area contributed by atoms with Crippen LogP contribution in [0.4, 0.5) is 0 Å². The van der Waals surface area contributed by atoms with Crippen molar-refractivity contribution >= 4 is 34.6 Å². The molecule has 0 atom stereocenters. The summed E-state index contributed by atoms with van der Waals surface area (Å²) in [5.41, 5.74) is 1.15. The van der Waals surface area contributed by atoms with Crippen LogP contribution < -0.4 is 0 Å². The van der Waals surface area contributed by atoms with Gasteiger partial charge in [-0.2, -0.15) is 0 Å². The van der Waals surface area contributed by atoms with E-state index >= 15 is 0 Å². The summed E-state index contributed by atoms with van der Waals surface area (Å²) in [6.07, 6.45) is 0. The molecule has 0 heterocycles. The van der Waals surface area contributed by atoms with Crippen LogP contribution in [0.5, 0.6) is 0 Å². The molecule has 0 saturated heterocycles. The van der Waals surface area contributed by atoms with Gasteiger partial charge in [-0.05, 0) is 24.6 Å². The van der Waals surface area contributed by atoms with Crippen molar-refractivity contribution in [2.24, 2.45) is 0 Å². The summed E-state index contributed by atoms with van der Waals surface area (Å²) >= 11 is 11.5. The molecular weight excluding hydrogens is 207 g/mol. The molecule has 0 bridgehead atoms. The first-order chi connectivity index (χ1) is 6.02. The maximum absolute atomic E-state index is 11.0. The second kappa shape index (κ2) is 3.95. The number of rotatable bonds is 2. The molecule has 13 heavy (non-hydrogen) atoms. The highest BCUT2D eigenvalue weighted by atomic mass is 35.5. The monoisotopic (exact) mass is 214 g/mol. The van der Waals surface area contributed by atoms with Gasteiger partial charge in [0.2, 0.25) is 0 Å². The van der Waals surface area contributed by atoms with Gasteiger partial charge in [0.05, 0.1) is 10.0 Å². The Morgan fingerprint density at radius 1 is 1.31 bits per heavy atom. The standard InChI is InChI=1S/C10H8Cl2O/c1-6(7(2)13)8-3-4-9(11)10(12)5-8/h3-5H,1H2,2H3. The third kappa shape index (κ3) is 2.33. The fourth-order valence-corrected chi connectivity index (χ4v) is 1.19. The van der Waals surface area contributed by atoms with Crippen molar-refractivity contribution in [2.45, 2.75) is 6.92 Å². The lowest BCUT2D eigenvalue weighted by molar-refractivity contribution is -0.111. The van der Waals surface area contributed by atoms with Gasteiger partial charge in [-0.3, -0.25) is 4.79 Å². The van der Waals surface area contributed by atoms with Crippen LogP contribution in [-0.4, -0.2) is 5.78 Å². The Hall–Kier alpha value is -0.790. The number of benzene rings is 1. The summed E-state index contributed by atoms with van der Waals surface area (Å²) in [7, 11) is 0. The van der Waals surface area contributed by atoms with Crippen molar-refractivity contribution in [3.05, 3.63) is 40.4 Å². The molecule has 1 aromatic carbocycles. The quantitative estimate of drug-likeness (QED) is 0.689. The third-order valence-electron chi connectivity index (χ3n) is 1.69. The van der Waals surface area contributed by atoms with Crippen LogP contribution in [0.2, 0.25) is 10.0 Å². The fourth-order valence-electron chi connectivity index (χ4n) is 0.887. The lowest BCUT2D eigenvalue weighted by Gasteiger charge is -2.02. The molecule has 0 fully saturated rings. The average Bonchev–Trinajstić information content (AvgIpc) is 2.08. The number of carbonyl (C=O) groups excluding carboxylic acids is 1. The second-order valence-corrected chi connectivity index (χ2v) is 3.48. The van der Waals surface area contributed by atoms with Gasteiger partial charge in [-0.15, -0.1) is 0 Å². The zero-order valence-corrected chi connectivity index (χ0v) is 8.62. The summed E-state index contributed by atoms with van der Waals surface area (Å²) in [5.74, 6) is -0.0709. The van der Waals surface area contributed by atoms with Crippen molar-refractivity contribution in [1.82, 2.24) is 0 Å². The molecule has 0 spiro atoms. The van der Waals surface area contributed by atoms with Crippen LogP contribution in [-0.2, 0) is 4.79 Å². The van der Waals surface area contributed by atoms with E-state index in [1.807, 2.05) is 0 Å². The van der Waals surface area contributed by atoms with E-state index in [1.54, 1.807) is 18.2 Å². The molecule has 1 nitrogen and oxygen atoms in total. The van der Waals surface area contributed by atoms with Gasteiger partial charge in [-0.25, -0.2) is 0 Å². The highest BCUT2D eigenvalue weighted by molar-refractivity contribution is 6.42. The zero-order chi connectivity index (χ0) is 10.0. The van der Waals surface area contributed by atoms with E-state index in [9.17, 15) is 4.79 Å². The predicted molar refractivity (Wildman–Crippen MR) is 56.2 cm³/mol. The van der Waals surface area contributed by atoms with E-state index in [1.165, 1.54) is 6.92 Å². The minimum Gasteiger partial charge on any atom is -0.295 e. The van der Waals surface area contributed by atoms with E-state index in [0.717, 1.165) is 0 Å². The highest BCUT2D eigenvalue weighted by Crippen LogP contribution is 2.25. The van der Waals surface area contributed by atoms with Crippen LogP contribution >= 0.6 is 23.2 Å². The molecule has 0 aromatic heterocycles. The molecule has 3 heteroatoms. The van der Waals surface area contributed by atoms with Gasteiger partial charge in [0.25, 0.3) is 0 Å². The topological polar surface area (TPSA) is 17.1 Å². The first-order valence-corrected chi connectivity index (χ1v) is 4.43. The summed E-state index contributed by atoms with van der Waals surface area (Å²) in [6.45, 7) is 5.11. The Morgan fingerprint density at radius 3 is 2.38 bits per heavy atom. The molecule has 0 unspecified atom stereocenters. The number of ketones is 1. The van der Waals surface area contributed by atoms with Gasteiger partial charge < -0.3 is 0 Å². The third-order valence-corrected chi connectivity index (χ3v) is 2.43. The Labute approximate surface area is 87.0 Å². The highest BCUT2D eigenvalue weighted by Gasteiger charge is 2.05. The smallest absolute Gasteiger partial charge is 0.159 e. The molecule has 0 saturated carbocycles. The molecule has 0 aliphatic carbocycles. The number of hydrogen-bond donors (Lipinski definition) is 0. The molecule has 0 aliphatic rings. The molecule has 0 aliphatic heterocycles. The Kier molecular flexibility index (Phi) is 3.12. The number of allylic oxidation sites excluding steroid dienone is 1. The van der Waals surface area contributed by atoms with E-state index in [2.05, 4.69) is 6.58 Å². The van der Waals surface area contributed by atoms with E-state index in [0.29, 0.717) is 21.2 Å². The molecular formula is C10H8Cl2O. The Balaban J connectivity index is 3.11. The number of Topliss-reactive ketones (excluding diaryl/α,β-unsaturated/α-hetero) is 1. The SMILES string of the molecule is C=C(C(C)=O)c1ccc(Cl)c(Cl)c1. The van der Waals surface area contributed by atoms with Crippen molar-refractivity contribution < 1.29 is 4.79 Å². The van der Waals surface area contributed by atoms with Crippen LogP contribution in [0.3, 0.4) is 0 Å². The fraction of sp³-hybridized carbons (Fsp3) is 0.100. The predicted octanol–water partition coefficient (Wildman–Crippen LogP) is 3.60. The first kappa shape index (κ1) is 10.3. The molecule has 0 amide bonds. The van der Waals surface area contributed by atoms with Gasteiger partial charge >= 0.3 is 0 Å². The summed E-state index contributed by atoms with van der Waals surface area (Å²) in [4.78, 5) is 11.0. The normalized spacial score (nSPS) is 9.77. The minimum atomic E-state index is -0.0709. The lowest BCUT2D eigenvalue weighted by Crippen LogP contribution is -1.93. The maximum atomic E-state index is 11.0. The van der Waals surface area contributed by atoms with Gasteiger partial charge in [0, 0.05) is 5.57 Å². The van der Waals surface area contributed by atoms with Crippen molar-refractivity contribution in [3.8, 4) is 0 Å². The van der Waals surface area contributed by atoms with Crippen molar-refractivity contribution in [1.29, 1.82) is 0 Å². The van der Waals surface area contributed by atoms with Gasteiger partial charge in [0.1, 0.15) is 0 Å². The molecule has 1 rings (SSSR count).